The Bertz CT molecular complexity index is 967. The van der Waals surface area contributed by atoms with Crippen molar-refractivity contribution in [3.8, 4) is 0 Å². The molecule has 0 spiro atoms. The van der Waals surface area contributed by atoms with E-state index in [-0.39, 0.29) is 23.6 Å². The molecule has 0 fully saturated rings. The quantitative estimate of drug-likeness (QED) is 0.737. The lowest BCUT2D eigenvalue weighted by Crippen LogP contribution is -2.37. The number of aryl methyl sites for hydroxylation is 1. The number of aliphatic hydroxyl groups excluding tert-OH is 1. The highest BCUT2D eigenvalue weighted by Crippen LogP contribution is 2.15. The first-order chi connectivity index (χ1) is 12.6. The maximum absolute atomic E-state index is 13.1. The molecule has 0 bridgehead atoms. The van der Waals surface area contributed by atoms with Gasteiger partial charge in [-0.05, 0) is 41.6 Å². The molecule has 6 heteroatoms. The predicted octanol–water partition coefficient (Wildman–Crippen LogP) is 1.96. The third-order valence-electron chi connectivity index (χ3n) is 4.36. The monoisotopic (exact) mass is 351 g/mol. The Morgan fingerprint density at radius 3 is 2.65 bits per heavy atom. The van der Waals surface area contributed by atoms with Crippen molar-refractivity contribution in [2.24, 2.45) is 7.05 Å². The Morgan fingerprint density at radius 1 is 1.19 bits per heavy atom. The number of hydrogen-bond donors (Lipinski definition) is 1. The van der Waals surface area contributed by atoms with Crippen molar-refractivity contribution in [1.82, 2.24) is 14.5 Å². The van der Waals surface area contributed by atoms with Crippen LogP contribution in [-0.4, -0.2) is 38.6 Å². The van der Waals surface area contributed by atoms with E-state index in [9.17, 15) is 9.59 Å². The first-order valence-electron chi connectivity index (χ1n) is 8.49. The van der Waals surface area contributed by atoms with Crippen LogP contribution in [0.3, 0.4) is 0 Å². The Morgan fingerprint density at radius 2 is 1.92 bits per heavy atom. The van der Waals surface area contributed by atoms with Gasteiger partial charge in [0.15, 0.2) is 0 Å². The molecule has 0 saturated heterocycles. The van der Waals surface area contributed by atoms with E-state index >= 15 is 0 Å². The molecule has 2 heterocycles. The van der Waals surface area contributed by atoms with Crippen molar-refractivity contribution in [1.29, 1.82) is 0 Å². The van der Waals surface area contributed by atoms with E-state index in [1.807, 2.05) is 36.4 Å². The summed E-state index contributed by atoms with van der Waals surface area (Å²) in [5, 5.41) is 10.00. The lowest BCUT2D eigenvalue weighted by atomic mass is 10.1. The molecule has 0 unspecified atom stereocenters. The number of amides is 1. The molecule has 0 radical (unpaired) electrons. The number of carbonyl (C=O) groups is 1. The molecule has 2 aromatic heterocycles. The van der Waals surface area contributed by atoms with Gasteiger partial charge in [-0.2, -0.15) is 0 Å². The van der Waals surface area contributed by atoms with Crippen molar-refractivity contribution in [2.45, 2.75) is 13.0 Å². The van der Waals surface area contributed by atoms with Crippen molar-refractivity contribution in [3.63, 3.8) is 0 Å². The van der Waals surface area contributed by atoms with Gasteiger partial charge in [0.2, 0.25) is 0 Å². The molecule has 0 atom stereocenters. The second-order valence-corrected chi connectivity index (χ2v) is 6.14. The summed E-state index contributed by atoms with van der Waals surface area (Å²) in [4.78, 5) is 31.4. The average Bonchev–Trinajstić information content (AvgIpc) is 2.68. The number of nitrogens with zero attached hydrogens (tertiary/aromatic N) is 3. The lowest BCUT2D eigenvalue weighted by molar-refractivity contribution is 0.0730. The summed E-state index contributed by atoms with van der Waals surface area (Å²) < 4.78 is 1.50. The van der Waals surface area contributed by atoms with Crippen LogP contribution in [-0.2, 0) is 13.6 Å². The first kappa shape index (κ1) is 17.8. The smallest absolute Gasteiger partial charge is 0.263 e. The molecule has 0 saturated carbocycles. The average molecular weight is 351 g/mol. The van der Waals surface area contributed by atoms with Crippen LogP contribution in [0.5, 0.6) is 0 Å². The molecule has 1 aromatic carbocycles. The number of carbonyl (C=O) groups excluding carboxylic acids is 1. The van der Waals surface area contributed by atoms with Gasteiger partial charge >= 0.3 is 0 Å². The normalized spacial score (nSPS) is 10.8. The minimum Gasteiger partial charge on any atom is -0.396 e. The maximum Gasteiger partial charge on any atom is 0.263 e. The molecule has 3 aromatic rings. The molecule has 26 heavy (non-hydrogen) atoms. The number of pyridine rings is 2. The van der Waals surface area contributed by atoms with Crippen LogP contribution in [0.2, 0.25) is 0 Å². The van der Waals surface area contributed by atoms with E-state index in [1.54, 1.807) is 30.4 Å². The number of para-hydroxylation sites is 1. The van der Waals surface area contributed by atoms with Gasteiger partial charge in [0, 0.05) is 39.1 Å². The summed E-state index contributed by atoms with van der Waals surface area (Å²) in [6.07, 6.45) is 3.78. The van der Waals surface area contributed by atoms with E-state index in [0.29, 0.717) is 19.5 Å². The third-order valence-corrected chi connectivity index (χ3v) is 4.36. The predicted molar refractivity (Wildman–Crippen MR) is 99.9 cm³/mol. The Kier molecular flexibility index (Phi) is 5.43. The van der Waals surface area contributed by atoms with Gasteiger partial charge in [0.1, 0.15) is 5.56 Å². The zero-order valence-corrected chi connectivity index (χ0v) is 14.6. The SMILES string of the molecule is Cn1c(=O)c(C(=O)N(CCCO)Cc2ccncc2)cc2ccccc21. The molecular formula is C20H21N3O3. The molecular weight excluding hydrogens is 330 g/mol. The van der Waals surface area contributed by atoms with Crippen molar-refractivity contribution in [3.05, 3.63) is 76.3 Å². The van der Waals surface area contributed by atoms with Crippen LogP contribution in [0.15, 0.2) is 59.7 Å². The zero-order chi connectivity index (χ0) is 18.5. The summed E-state index contributed by atoms with van der Waals surface area (Å²) in [5.41, 5.74) is 1.52. The van der Waals surface area contributed by atoms with Crippen molar-refractivity contribution >= 4 is 16.8 Å². The molecule has 1 amide bonds. The molecule has 6 nitrogen and oxygen atoms in total. The Labute approximate surface area is 151 Å². The van der Waals surface area contributed by atoms with E-state index in [0.717, 1.165) is 16.5 Å². The van der Waals surface area contributed by atoms with E-state index in [1.165, 1.54) is 4.57 Å². The van der Waals surface area contributed by atoms with Crippen LogP contribution < -0.4 is 5.56 Å². The maximum atomic E-state index is 13.1. The topological polar surface area (TPSA) is 75.4 Å². The zero-order valence-electron chi connectivity index (χ0n) is 14.6. The summed E-state index contributed by atoms with van der Waals surface area (Å²) >= 11 is 0. The van der Waals surface area contributed by atoms with E-state index < -0.39 is 0 Å². The molecule has 0 aliphatic heterocycles. The fraction of sp³-hybridized carbons (Fsp3) is 0.250. The highest BCUT2D eigenvalue weighted by molar-refractivity contribution is 5.97. The minimum absolute atomic E-state index is 0.0180. The number of rotatable bonds is 6. The fourth-order valence-electron chi connectivity index (χ4n) is 2.97. The minimum atomic E-state index is -0.332. The van der Waals surface area contributed by atoms with Crippen LogP contribution in [0.1, 0.15) is 22.3 Å². The van der Waals surface area contributed by atoms with Crippen LogP contribution in [0.25, 0.3) is 10.9 Å². The van der Waals surface area contributed by atoms with Crippen LogP contribution >= 0.6 is 0 Å². The number of hydrogen-bond acceptors (Lipinski definition) is 4. The molecule has 1 N–H and O–H groups in total. The number of fused-ring (bicyclic) bond motifs is 1. The van der Waals surface area contributed by atoms with Gasteiger partial charge in [-0.1, -0.05) is 18.2 Å². The Hall–Kier alpha value is -2.99. The largest absolute Gasteiger partial charge is 0.396 e. The number of aromatic nitrogens is 2. The first-order valence-corrected chi connectivity index (χ1v) is 8.49. The van der Waals surface area contributed by atoms with Crippen molar-refractivity contribution in [2.75, 3.05) is 13.2 Å². The van der Waals surface area contributed by atoms with Gasteiger partial charge < -0.3 is 14.6 Å². The van der Waals surface area contributed by atoms with Crippen molar-refractivity contribution < 1.29 is 9.90 Å². The Balaban J connectivity index is 1.99. The lowest BCUT2D eigenvalue weighted by Gasteiger charge is -2.23. The second-order valence-electron chi connectivity index (χ2n) is 6.14. The van der Waals surface area contributed by atoms with Gasteiger partial charge in [-0.25, -0.2) is 0 Å². The van der Waals surface area contributed by atoms with Gasteiger partial charge in [0.25, 0.3) is 11.5 Å². The standard InChI is InChI=1S/C20H21N3O3/c1-22-18-6-3-2-5-16(18)13-17(19(22)25)20(26)23(11-4-12-24)14-15-7-9-21-10-8-15/h2-3,5-10,13,24H,4,11-12,14H2,1H3. The van der Waals surface area contributed by atoms with E-state index in [4.69, 9.17) is 5.11 Å². The van der Waals surface area contributed by atoms with Gasteiger partial charge in [-0.3, -0.25) is 14.6 Å². The highest BCUT2D eigenvalue weighted by Gasteiger charge is 2.20. The summed E-state index contributed by atoms with van der Waals surface area (Å²) in [7, 11) is 1.67. The van der Waals surface area contributed by atoms with Crippen LogP contribution in [0.4, 0.5) is 0 Å². The second kappa shape index (κ2) is 7.93. The number of benzene rings is 1. The third kappa shape index (κ3) is 3.65. The number of aliphatic hydroxyl groups is 1. The fourth-order valence-corrected chi connectivity index (χ4v) is 2.97. The summed E-state index contributed by atoms with van der Waals surface area (Å²) in [6.45, 7) is 0.709. The molecule has 134 valence electrons. The molecule has 0 aliphatic carbocycles. The van der Waals surface area contributed by atoms with E-state index in [2.05, 4.69) is 4.98 Å². The van der Waals surface area contributed by atoms with Crippen LogP contribution in [0, 0.1) is 0 Å². The van der Waals surface area contributed by atoms with Gasteiger partial charge in [-0.15, -0.1) is 0 Å². The molecule has 3 rings (SSSR count). The van der Waals surface area contributed by atoms with Gasteiger partial charge in [0.05, 0.1) is 5.52 Å². The summed E-state index contributed by atoms with van der Waals surface area (Å²) in [5.74, 6) is -0.332. The highest BCUT2D eigenvalue weighted by atomic mass is 16.3. The summed E-state index contributed by atoms with van der Waals surface area (Å²) in [6, 6.07) is 12.8. The molecule has 0 aliphatic rings.